The van der Waals surface area contributed by atoms with E-state index in [0.717, 1.165) is 24.7 Å². The van der Waals surface area contributed by atoms with Crippen LogP contribution < -0.4 is 0 Å². The lowest BCUT2D eigenvalue weighted by Gasteiger charge is -2.20. The van der Waals surface area contributed by atoms with Gasteiger partial charge >= 0.3 is 0 Å². The maximum absolute atomic E-state index is 11.4. The fraction of sp³-hybridized carbons (Fsp3) is 0.381. The van der Waals surface area contributed by atoms with Gasteiger partial charge in [-0.2, -0.15) is 0 Å². The van der Waals surface area contributed by atoms with Gasteiger partial charge in [0.2, 0.25) is 0 Å². The molecule has 1 heteroatoms. The molecule has 2 aromatic rings. The predicted molar refractivity (Wildman–Crippen MR) is 94.7 cm³/mol. The summed E-state index contributed by atoms with van der Waals surface area (Å²) in [6.45, 7) is 11.0. The molecule has 0 aliphatic rings. The van der Waals surface area contributed by atoms with Crippen molar-refractivity contribution < 1.29 is 4.79 Å². The molecule has 0 aliphatic carbocycles. The van der Waals surface area contributed by atoms with Crippen LogP contribution in [0.15, 0.2) is 36.4 Å². The molecule has 1 nitrogen and oxygen atoms in total. The molecule has 2 aromatic carbocycles. The number of carbonyl (C=O) groups excluding carboxylic acids is 1. The quantitative estimate of drug-likeness (QED) is 0.659. The normalized spacial score (nSPS) is 11.5. The summed E-state index contributed by atoms with van der Waals surface area (Å²) in [6, 6.07) is 12.8. The summed E-state index contributed by atoms with van der Waals surface area (Å²) in [5.41, 5.74) is 7.16. The Labute approximate surface area is 134 Å². The van der Waals surface area contributed by atoms with Crippen LogP contribution in [0.3, 0.4) is 0 Å². The third-order valence-corrected chi connectivity index (χ3v) is 4.22. The van der Waals surface area contributed by atoms with Crippen LogP contribution in [0.4, 0.5) is 0 Å². The van der Waals surface area contributed by atoms with Crippen molar-refractivity contribution in [3.63, 3.8) is 0 Å². The molecule has 2 rings (SSSR count). The van der Waals surface area contributed by atoms with E-state index in [4.69, 9.17) is 0 Å². The molecule has 0 saturated heterocycles. The molecule has 0 amide bonds. The molecule has 0 N–H and O–H groups in total. The minimum absolute atomic E-state index is 0.157. The third kappa shape index (κ3) is 3.30. The number of benzene rings is 2. The van der Waals surface area contributed by atoms with E-state index >= 15 is 0 Å². The number of aldehydes is 1. The molecule has 22 heavy (non-hydrogen) atoms. The highest BCUT2D eigenvalue weighted by atomic mass is 16.1. The summed E-state index contributed by atoms with van der Waals surface area (Å²) >= 11 is 0. The van der Waals surface area contributed by atoms with Gasteiger partial charge in [0.05, 0.1) is 0 Å². The van der Waals surface area contributed by atoms with Crippen molar-refractivity contribution in [2.24, 2.45) is 0 Å². The van der Waals surface area contributed by atoms with Gasteiger partial charge in [0.1, 0.15) is 6.29 Å². The molecule has 0 spiro atoms. The Bertz CT molecular complexity index is 658. The van der Waals surface area contributed by atoms with Gasteiger partial charge in [-0.05, 0) is 46.6 Å². The molecule has 0 radical (unpaired) electrons. The van der Waals surface area contributed by atoms with Crippen LogP contribution in [0.5, 0.6) is 0 Å². The van der Waals surface area contributed by atoms with Gasteiger partial charge < -0.3 is 0 Å². The molecule has 0 saturated carbocycles. The summed E-state index contributed by atoms with van der Waals surface area (Å²) in [5.74, 6) is 0. The van der Waals surface area contributed by atoms with Gasteiger partial charge in [-0.3, -0.25) is 4.79 Å². The van der Waals surface area contributed by atoms with Crippen molar-refractivity contribution in [2.45, 2.75) is 52.9 Å². The summed E-state index contributed by atoms with van der Waals surface area (Å²) < 4.78 is 0. The average molecular weight is 294 g/mol. The van der Waals surface area contributed by atoms with E-state index in [1.54, 1.807) is 0 Å². The topological polar surface area (TPSA) is 17.1 Å². The summed E-state index contributed by atoms with van der Waals surface area (Å²) in [7, 11) is 0. The van der Waals surface area contributed by atoms with E-state index in [2.05, 4.69) is 65.0 Å². The third-order valence-electron chi connectivity index (χ3n) is 4.22. The molecule has 0 aliphatic heterocycles. The van der Waals surface area contributed by atoms with Crippen molar-refractivity contribution in [3.8, 4) is 11.1 Å². The van der Waals surface area contributed by atoms with E-state index < -0.39 is 0 Å². The molecule has 0 aromatic heterocycles. The highest BCUT2D eigenvalue weighted by molar-refractivity contribution is 5.84. The second-order valence-electron chi connectivity index (χ2n) is 7.02. The lowest BCUT2D eigenvalue weighted by molar-refractivity contribution is 0.112. The van der Waals surface area contributed by atoms with Crippen LogP contribution in [-0.4, -0.2) is 6.29 Å². The Hall–Kier alpha value is -1.89. The van der Waals surface area contributed by atoms with Crippen LogP contribution in [0.25, 0.3) is 11.1 Å². The summed E-state index contributed by atoms with van der Waals surface area (Å²) in [5, 5.41) is 0. The fourth-order valence-corrected chi connectivity index (χ4v) is 2.95. The van der Waals surface area contributed by atoms with Gasteiger partial charge in [-0.25, -0.2) is 0 Å². The Morgan fingerprint density at radius 3 is 2.14 bits per heavy atom. The molecule has 0 bridgehead atoms. The Balaban J connectivity index is 2.58. The van der Waals surface area contributed by atoms with Crippen LogP contribution >= 0.6 is 0 Å². The SMILES string of the molecule is CCCc1c(C=O)ccc(C)c1-c1ccc(C(C)(C)C)cc1. The van der Waals surface area contributed by atoms with Crippen molar-refractivity contribution in [3.05, 3.63) is 58.7 Å². The first-order valence-corrected chi connectivity index (χ1v) is 8.07. The molecule has 116 valence electrons. The number of aryl methyl sites for hydroxylation is 1. The predicted octanol–water partition coefficient (Wildman–Crippen LogP) is 5.72. The zero-order chi connectivity index (χ0) is 16.3. The monoisotopic (exact) mass is 294 g/mol. The summed E-state index contributed by atoms with van der Waals surface area (Å²) in [6.07, 6.45) is 2.96. The lowest BCUT2D eigenvalue weighted by atomic mass is 9.84. The maximum Gasteiger partial charge on any atom is 0.150 e. The highest BCUT2D eigenvalue weighted by Crippen LogP contribution is 2.32. The lowest BCUT2D eigenvalue weighted by Crippen LogP contribution is -2.10. The van der Waals surface area contributed by atoms with Gasteiger partial charge in [-0.15, -0.1) is 0 Å². The Kier molecular flexibility index (Phi) is 4.85. The first-order chi connectivity index (χ1) is 10.4. The summed E-state index contributed by atoms with van der Waals surface area (Å²) in [4.78, 5) is 11.4. The molecular weight excluding hydrogens is 268 g/mol. The fourth-order valence-electron chi connectivity index (χ4n) is 2.95. The van der Waals surface area contributed by atoms with Crippen LogP contribution in [0, 0.1) is 6.92 Å². The standard InChI is InChI=1S/C21H26O/c1-6-7-19-17(14-22)9-8-15(2)20(19)16-10-12-18(13-11-16)21(3,4)5/h8-14H,6-7H2,1-5H3. The Morgan fingerprint density at radius 2 is 1.64 bits per heavy atom. The molecular formula is C21H26O. The molecule has 0 atom stereocenters. The Morgan fingerprint density at radius 1 is 1.00 bits per heavy atom. The average Bonchev–Trinajstić information content (AvgIpc) is 2.47. The molecule has 0 fully saturated rings. The van der Waals surface area contributed by atoms with Crippen LogP contribution in [-0.2, 0) is 11.8 Å². The van der Waals surface area contributed by atoms with Crippen molar-refractivity contribution in [1.82, 2.24) is 0 Å². The second kappa shape index (κ2) is 6.48. The smallest absolute Gasteiger partial charge is 0.150 e. The van der Waals surface area contributed by atoms with E-state index in [1.807, 2.05) is 6.07 Å². The van der Waals surface area contributed by atoms with Crippen molar-refractivity contribution >= 4 is 6.29 Å². The minimum atomic E-state index is 0.157. The van der Waals surface area contributed by atoms with Gasteiger partial charge in [0.15, 0.2) is 0 Å². The molecule has 0 unspecified atom stereocenters. The van der Waals surface area contributed by atoms with Crippen LogP contribution in [0.2, 0.25) is 0 Å². The minimum Gasteiger partial charge on any atom is -0.298 e. The van der Waals surface area contributed by atoms with E-state index in [9.17, 15) is 4.79 Å². The molecule has 0 heterocycles. The number of rotatable bonds is 4. The second-order valence-corrected chi connectivity index (χ2v) is 7.02. The number of hydrogen-bond donors (Lipinski definition) is 0. The zero-order valence-corrected chi connectivity index (χ0v) is 14.4. The largest absolute Gasteiger partial charge is 0.298 e. The van der Waals surface area contributed by atoms with Crippen molar-refractivity contribution in [2.75, 3.05) is 0 Å². The van der Waals surface area contributed by atoms with Crippen molar-refractivity contribution in [1.29, 1.82) is 0 Å². The zero-order valence-electron chi connectivity index (χ0n) is 14.4. The van der Waals surface area contributed by atoms with E-state index in [0.29, 0.717) is 0 Å². The van der Waals surface area contributed by atoms with Gasteiger partial charge in [0.25, 0.3) is 0 Å². The first-order valence-electron chi connectivity index (χ1n) is 8.07. The number of carbonyl (C=O) groups is 1. The van der Waals surface area contributed by atoms with Gasteiger partial charge in [0, 0.05) is 5.56 Å². The van der Waals surface area contributed by atoms with E-state index in [1.165, 1.54) is 27.8 Å². The van der Waals surface area contributed by atoms with E-state index in [-0.39, 0.29) is 5.41 Å². The first kappa shape index (κ1) is 16.5. The van der Waals surface area contributed by atoms with Crippen LogP contribution in [0.1, 0.15) is 61.2 Å². The maximum atomic E-state index is 11.4. The highest BCUT2D eigenvalue weighted by Gasteiger charge is 2.15. The van der Waals surface area contributed by atoms with Gasteiger partial charge in [-0.1, -0.05) is 70.5 Å². The number of hydrogen-bond acceptors (Lipinski definition) is 1.